The number of imide groups is 1. The van der Waals surface area contributed by atoms with E-state index in [0.717, 1.165) is 5.56 Å². The maximum atomic E-state index is 13.2. The van der Waals surface area contributed by atoms with Crippen LogP contribution in [0.1, 0.15) is 28.8 Å². The zero-order valence-corrected chi connectivity index (χ0v) is 15.7. The molecule has 7 heteroatoms. The van der Waals surface area contributed by atoms with Crippen LogP contribution in [0.2, 0.25) is 0 Å². The first-order valence-corrected chi connectivity index (χ1v) is 9.36. The van der Waals surface area contributed by atoms with Gasteiger partial charge >= 0.3 is 6.03 Å². The normalized spacial score (nSPS) is 18.8. The van der Waals surface area contributed by atoms with Crippen LogP contribution in [-0.2, 0) is 11.3 Å². The first-order chi connectivity index (χ1) is 13.5. The number of piperidine rings is 1. The lowest BCUT2D eigenvalue weighted by Crippen LogP contribution is -2.56. The number of hydrogen-bond donors (Lipinski definition) is 0. The Balaban J connectivity index is 1.49. The molecule has 2 aromatic rings. The molecule has 1 aromatic carbocycles. The molecule has 0 atom stereocenters. The van der Waals surface area contributed by atoms with Gasteiger partial charge in [-0.15, -0.1) is 0 Å². The highest BCUT2D eigenvalue weighted by molar-refractivity contribution is 6.07. The molecule has 1 spiro atoms. The van der Waals surface area contributed by atoms with Crippen LogP contribution in [0.25, 0.3) is 0 Å². The van der Waals surface area contributed by atoms with E-state index in [0.29, 0.717) is 31.5 Å². The van der Waals surface area contributed by atoms with Crippen LogP contribution in [0.3, 0.4) is 0 Å². The molecule has 2 aliphatic rings. The van der Waals surface area contributed by atoms with Gasteiger partial charge in [-0.1, -0.05) is 24.3 Å². The maximum Gasteiger partial charge on any atom is 0.327 e. The largest absolute Gasteiger partial charge is 0.338 e. The quantitative estimate of drug-likeness (QED) is 0.767. The summed E-state index contributed by atoms with van der Waals surface area (Å²) >= 11 is 0. The fourth-order valence-corrected chi connectivity index (χ4v) is 4.05. The number of carbonyl (C=O) groups is 3. The summed E-state index contributed by atoms with van der Waals surface area (Å²) in [5.74, 6) is -0.224. The van der Waals surface area contributed by atoms with Gasteiger partial charge in [0.25, 0.3) is 11.8 Å². The molecule has 1 aromatic heterocycles. The predicted molar refractivity (Wildman–Crippen MR) is 102 cm³/mol. The van der Waals surface area contributed by atoms with E-state index >= 15 is 0 Å². The fourth-order valence-electron chi connectivity index (χ4n) is 4.05. The maximum absolute atomic E-state index is 13.2. The summed E-state index contributed by atoms with van der Waals surface area (Å²) in [4.78, 5) is 47.3. The van der Waals surface area contributed by atoms with Crippen molar-refractivity contribution in [1.82, 2.24) is 19.7 Å². The Labute approximate surface area is 163 Å². The second-order valence-electron chi connectivity index (χ2n) is 7.28. The molecule has 0 radical (unpaired) electrons. The van der Waals surface area contributed by atoms with Crippen molar-refractivity contribution in [1.29, 1.82) is 0 Å². The van der Waals surface area contributed by atoms with E-state index < -0.39 is 5.54 Å². The molecule has 2 saturated heterocycles. The van der Waals surface area contributed by atoms with Crippen molar-refractivity contribution in [2.75, 3.05) is 20.1 Å². The molecule has 7 nitrogen and oxygen atoms in total. The van der Waals surface area contributed by atoms with Crippen molar-refractivity contribution in [3.63, 3.8) is 0 Å². The average molecular weight is 378 g/mol. The van der Waals surface area contributed by atoms with Crippen molar-refractivity contribution >= 4 is 17.8 Å². The molecule has 0 bridgehead atoms. The molecule has 0 unspecified atom stereocenters. The van der Waals surface area contributed by atoms with Crippen molar-refractivity contribution in [3.05, 3.63) is 66.0 Å². The Hall–Kier alpha value is -3.22. The summed E-state index contributed by atoms with van der Waals surface area (Å²) in [6.07, 6.45) is 4.20. The van der Waals surface area contributed by atoms with E-state index in [1.807, 2.05) is 24.3 Å². The SMILES string of the molecule is CN1C(=O)N(Cc2cccnc2)C(=O)C12CCN(C(=O)c1ccccc1)CC2. The lowest BCUT2D eigenvalue weighted by molar-refractivity contribution is -0.135. The Bertz CT molecular complexity index is 892. The smallest absolute Gasteiger partial charge is 0.327 e. The highest BCUT2D eigenvalue weighted by Gasteiger charge is 2.56. The van der Waals surface area contributed by atoms with Gasteiger partial charge in [-0.2, -0.15) is 0 Å². The molecule has 2 aliphatic heterocycles. The molecule has 4 rings (SSSR count). The third kappa shape index (κ3) is 2.93. The number of urea groups is 1. The standard InChI is InChI=1S/C21H22N4O3/c1-23-20(28)25(15-16-6-5-11-22-14-16)19(27)21(23)9-12-24(13-10-21)18(26)17-7-3-2-4-8-17/h2-8,11,14H,9-10,12-13,15H2,1H3. The highest BCUT2D eigenvalue weighted by atomic mass is 16.2. The lowest BCUT2D eigenvalue weighted by atomic mass is 9.86. The Morgan fingerprint density at radius 2 is 1.79 bits per heavy atom. The Kier molecular flexibility index (Phi) is 4.58. The highest BCUT2D eigenvalue weighted by Crippen LogP contribution is 2.37. The number of carbonyl (C=O) groups excluding carboxylic acids is 3. The summed E-state index contributed by atoms with van der Waals surface area (Å²) in [6, 6.07) is 12.5. The summed E-state index contributed by atoms with van der Waals surface area (Å²) in [6.45, 7) is 1.10. The molecule has 144 valence electrons. The minimum absolute atomic E-state index is 0.0397. The molecule has 3 heterocycles. The number of amides is 4. The van der Waals surface area contributed by atoms with Crippen LogP contribution in [0.15, 0.2) is 54.9 Å². The minimum atomic E-state index is -0.868. The van der Waals surface area contributed by atoms with Crippen molar-refractivity contribution in [2.45, 2.75) is 24.9 Å². The van der Waals surface area contributed by atoms with Gasteiger partial charge in [0.05, 0.1) is 6.54 Å². The van der Waals surface area contributed by atoms with E-state index in [9.17, 15) is 14.4 Å². The van der Waals surface area contributed by atoms with Crippen LogP contribution in [0, 0.1) is 0 Å². The van der Waals surface area contributed by atoms with Crippen LogP contribution in [-0.4, -0.2) is 63.2 Å². The van der Waals surface area contributed by atoms with Gasteiger partial charge in [0, 0.05) is 38.1 Å². The number of likely N-dealkylation sites (tertiary alicyclic amines) is 1. The molecular weight excluding hydrogens is 356 g/mol. The van der Waals surface area contributed by atoms with Gasteiger partial charge in [0.1, 0.15) is 5.54 Å². The van der Waals surface area contributed by atoms with Crippen LogP contribution in [0.4, 0.5) is 4.79 Å². The van der Waals surface area contributed by atoms with Crippen molar-refractivity contribution in [3.8, 4) is 0 Å². The number of aromatic nitrogens is 1. The Morgan fingerprint density at radius 1 is 1.07 bits per heavy atom. The van der Waals surface area contributed by atoms with Crippen molar-refractivity contribution in [2.24, 2.45) is 0 Å². The number of benzene rings is 1. The van der Waals surface area contributed by atoms with E-state index in [-0.39, 0.29) is 24.4 Å². The zero-order chi connectivity index (χ0) is 19.7. The lowest BCUT2D eigenvalue weighted by Gasteiger charge is -2.40. The molecule has 0 aliphatic carbocycles. The van der Waals surface area contributed by atoms with Crippen LogP contribution in [0.5, 0.6) is 0 Å². The van der Waals surface area contributed by atoms with E-state index in [1.54, 1.807) is 47.4 Å². The van der Waals surface area contributed by atoms with Gasteiger partial charge in [-0.05, 0) is 36.6 Å². The molecule has 28 heavy (non-hydrogen) atoms. The van der Waals surface area contributed by atoms with Crippen LogP contribution < -0.4 is 0 Å². The summed E-state index contributed by atoms with van der Waals surface area (Å²) < 4.78 is 0. The van der Waals surface area contributed by atoms with Gasteiger partial charge in [-0.25, -0.2) is 4.79 Å². The van der Waals surface area contributed by atoms with Crippen molar-refractivity contribution < 1.29 is 14.4 Å². The van der Waals surface area contributed by atoms with E-state index in [2.05, 4.69) is 4.98 Å². The van der Waals surface area contributed by atoms with Gasteiger partial charge in [0.15, 0.2) is 0 Å². The average Bonchev–Trinajstić information content (AvgIpc) is 2.91. The van der Waals surface area contributed by atoms with Crippen LogP contribution >= 0.6 is 0 Å². The third-order valence-electron chi connectivity index (χ3n) is 5.77. The Morgan fingerprint density at radius 3 is 2.43 bits per heavy atom. The third-order valence-corrected chi connectivity index (χ3v) is 5.77. The topological polar surface area (TPSA) is 73.8 Å². The molecule has 2 fully saturated rings. The van der Waals surface area contributed by atoms with Gasteiger partial charge in [0.2, 0.25) is 0 Å². The number of nitrogens with zero attached hydrogens (tertiary/aromatic N) is 4. The monoisotopic (exact) mass is 378 g/mol. The molecule has 0 N–H and O–H groups in total. The minimum Gasteiger partial charge on any atom is -0.338 e. The zero-order valence-electron chi connectivity index (χ0n) is 15.7. The predicted octanol–water partition coefficient (Wildman–Crippen LogP) is 2.15. The summed E-state index contributed by atoms with van der Waals surface area (Å²) in [5, 5.41) is 0. The number of hydrogen-bond acceptors (Lipinski definition) is 4. The summed E-state index contributed by atoms with van der Waals surface area (Å²) in [5.41, 5.74) is 0.581. The summed E-state index contributed by atoms with van der Waals surface area (Å²) in [7, 11) is 1.68. The second kappa shape index (κ2) is 7.07. The first-order valence-electron chi connectivity index (χ1n) is 9.36. The number of pyridine rings is 1. The molecule has 4 amide bonds. The van der Waals surface area contributed by atoms with Gasteiger partial charge < -0.3 is 9.80 Å². The molecule has 0 saturated carbocycles. The van der Waals surface area contributed by atoms with E-state index in [4.69, 9.17) is 0 Å². The van der Waals surface area contributed by atoms with E-state index in [1.165, 1.54) is 4.90 Å². The van der Waals surface area contributed by atoms with Gasteiger partial charge in [-0.3, -0.25) is 19.5 Å². The fraction of sp³-hybridized carbons (Fsp3) is 0.333. The molecular formula is C21H22N4O3. The number of likely N-dealkylation sites (N-methyl/N-ethyl adjacent to an activating group) is 1. The first kappa shape index (κ1) is 18.2. The number of rotatable bonds is 3. The second-order valence-corrected chi connectivity index (χ2v) is 7.28.